The second-order valence-corrected chi connectivity index (χ2v) is 4.44. The van der Waals surface area contributed by atoms with Gasteiger partial charge >= 0.3 is 0 Å². The molecule has 1 aliphatic rings. The summed E-state index contributed by atoms with van der Waals surface area (Å²) in [4.78, 5) is 3.02. The molecule has 1 saturated carbocycles. The van der Waals surface area contributed by atoms with Gasteiger partial charge in [0.05, 0.1) is 0 Å². The van der Waals surface area contributed by atoms with Gasteiger partial charge in [0.25, 0.3) is 0 Å². The Morgan fingerprint density at radius 1 is 1.47 bits per heavy atom. The molecule has 15 heavy (non-hydrogen) atoms. The number of H-pyrrole nitrogens is 1. The highest BCUT2D eigenvalue weighted by atomic mass is 32.1. The molecule has 0 unspecified atom stereocenters. The van der Waals surface area contributed by atoms with Gasteiger partial charge in [0.15, 0.2) is 5.11 Å². The number of aromatic nitrogens is 1. The van der Waals surface area contributed by atoms with Gasteiger partial charge < -0.3 is 15.6 Å². The minimum Gasteiger partial charge on any atom is -0.367 e. The lowest BCUT2D eigenvalue weighted by Gasteiger charge is -2.15. The van der Waals surface area contributed by atoms with Gasteiger partial charge in [-0.15, -0.1) is 0 Å². The van der Waals surface area contributed by atoms with Crippen LogP contribution in [0.25, 0.3) is 0 Å². The molecule has 1 aromatic heterocycles. The number of hydrogen-bond donors (Lipinski definition) is 3. The quantitative estimate of drug-likeness (QED) is 0.686. The molecule has 1 heterocycles. The molecule has 1 fully saturated rings. The van der Waals surface area contributed by atoms with Crippen molar-refractivity contribution in [3.8, 4) is 0 Å². The van der Waals surface area contributed by atoms with Crippen molar-refractivity contribution in [3.63, 3.8) is 0 Å². The summed E-state index contributed by atoms with van der Waals surface area (Å²) in [5.74, 6) is 0. The van der Waals surface area contributed by atoms with Crippen LogP contribution in [0.15, 0.2) is 18.5 Å². The largest absolute Gasteiger partial charge is 0.367 e. The van der Waals surface area contributed by atoms with Crippen molar-refractivity contribution in [1.29, 1.82) is 0 Å². The first-order valence-corrected chi connectivity index (χ1v) is 5.91. The van der Waals surface area contributed by atoms with Gasteiger partial charge in [-0.25, -0.2) is 0 Å². The lowest BCUT2D eigenvalue weighted by atomic mass is 10.2. The fourth-order valence-corrected chi connectivity index (χ4v) is 2.20. The number of hydrogen-bond acceptors (Lipinski definition) is 1. The highest BCUT2D eigenvalue weighted by molar-refractivity contribution is 7.80. The highest BCUT2D eigenvalue weighted by Gasteiger charge is 2.14. The molecular weight excluding hydrogens is 206 g/mol. The molecule has 0 saturated heterocycles. The van der Waals surface area contributed by atoms with E-state index in [-0.39, 0.29) is 0 Å². The van der Waals surface area contributed by atoms with E-state index in [1.165, 1.54) is 31.2 Å². The zero-order valence-electron chi connectivity index (χ0n) is 8.75. The Labute approximate surface area is 95.6 Å². The summed E-state index contributed by atoms with van der Waals surface area (Å²) >= 11 is 5.23. The van der Waals surface area contributed by atoms with Gasteiger partial charge in [0, 0.05) is 25.0 Å². The zero-order valence-corrected chi connectivity index (χ0v) is 9.57. The lowest BCUT2D eigenvalue weighted by molar-refractivity contribution is 0.621. The summed E-state index contributed by atoms with van der Waals surface area (Å²) in [6, 6.07) is 2.64. The first-order chi connectivity index (χ1) is 7.34. The number of nitrogens with one attached hydrogen (secondary N) is 3. The second kappa shape index (κ2) is 5.16. The van der Waals surface area contributed by atoms with E-state index in [1.807, 2.05) is 18.5 Å². The molecule has 0 spiro atoms. The van der Waals surface area contributed by atoms with Crippen molar-refractivity contribution in [2.75, 3.05) is 0 Å². The van der Waals surface area contributed by atoms with Gasteiger partial charge in [-0.05, 0) is 36.7 Å². The Kier molecular flexibility index (Phi) is 3.61. The molecule has 0 radical (unpaired) electrons. The van der Waals surface area contributed by atoms with Crippen LogP contribution in [0.1, 0.15) is 31.2 Å². The van der Waals surface area contributed by atoms with Crippen LogP contribution in [0.3, 0.4) is 0 Å². The van der Waals surface area contributed by atoms with Gasteiger partial charge in [0.2, 0.25) is 0 Å². The van der Waals surface area contributed by atoms with Crippen LogP contribution in [-0.2, 0) is 6.54 Å². The standard InChI is InChI=1S/C11H17N3S/c15-11(14-10-3-1-2-4-10)13-8-9-5-6-12-7-9/h5-7,10,12H,1-4,8H2,(H2,13,14,15). The summed E-state index contributed by atoms with van der Waals surface area (Å²) in [7, 11) is 0. The SMILES string of the molecule is S=C(NCc1cc[nH]c1)NC1CCCC1. The minimum absolute atomic E-state index is 0.594. The Morgan fingerprint density at radius 3 is 2.93 bits per heavy atom. The van der Waals surface area contributed by atoms with Crippen molar-refractivity contribution in [1.82, 2.24) is 15.6 Å². The van der Waals surface area contributed by atoms with Crippen molar-refractivity contribution in [3.05, 3.63) is 24.0 Å². The minimum atomic E-state index is 0.594. The Bertz CT molecular complexity index is 302. The van der Waals surface area contributed by atoms with Crippen LogP contribution < -0.4 is 10.6 Å². The van der Waals surface area contributed by atoms with Gasteiger partial charge in [-0.2, -0.15) is 0 Å². The summed E-state index contributed by atoms with van der Waals surface area (Å²) < 4.78 is 0. The van der Waals surface area contributed by atoms with Gasteiger partial charge in [-0.1, -0.05) is 12.8 Å². The fourth-order valence-electron chi connectivity index (χ4n) is 1.96. The summed E-state index contributed by atoms with van der Waals surface area (Å²) in [5, 5.41) is 7.34. The van der Waals surface area contributed by atoms with Crippen molar-refractivity contribution >= 4 is 17.3 Å². The van der Waals surface area contributed by atoms with Crippen LogP contribution in [0, 0.1) is 0 Å². The predicted octanol–water partition coefficient (Wildman–Crippen LogP) is 1.92. The van der Waals surface area contributed by atoms with Crippen molar-refractivity contribution < 1.29 is 0 Å². The number of thiocarbonyl (C=S) groups is 1. The smallest absolute Gasteiger partial charge is 0.166 e. The molecule has 0 aromatic carbocycles. The van der Waals surface area contributed by atoms with Crippen LogP contribution in [-0.4, -0.2) is 16.1 Å². The third-order valence-corrected chi connectivity index (χ3v) is 3.07. The highest BCUT2D eigenvalue weighted by Crippen LogP contribution is 2.17. The van der Waals surface area contributed by atoms with Crippen molar-refractivity contribution in [2.45, 2.75) is 38.3 Å². The molecule has 0 bridgehead atoms. The fraction of sp³-hybridized carbons (Fsp3) is 0.545. The first kappa shape index (κ1) is 10.5. The number of rotatable bonds is 3. The summed E-state index contributed by atoms with van der Waals surface area (Å²) in [6.45, 7) is 0.794. The predicted molar refractivity (Wildman–Crippen MR) is 65.6 cm³/mol. The third-order valence-electron chi connectivity index (χ3n) is 2.81. The molecule has 1 aromatic rings. The molecule has 3 N–H and O–H groups in total. The third kappa shape index (κ3) is 3.23. The zero-order chi connectivity index (χ0) is 10.5. The average molecular weight is 223 g/mol. The average Bonchev–Trinajstić information content (AvgIpc) is 2.86. The Hall–Kier alpha value is -1.03. The number of aromatic amines is 1. The molecule has 0 amide bonds. The maximum absolute atomic E-state index is 5.23. The molecular formula is C11H17N3S. The maximum atomic E-state index is 5.23. The molecule has 0 aliphatic heterocycles. The molecule has 2 rings (SSSR count). The van der Waals surface area contributed by atoms with E-state index >= 15 is 0 Å². The van der Waals surface area contributed by atoms with E-state index in [4.69, 9.17) is 12.2 Å². The van der Waals surface area contributed by atoms with E-state index < -0.39 is 0 Å². The van der Waals surface area contributed by atoms with E-state index in [0.29, 0.717) is 6.04 Å². The van der Waals surface area contributed by atoms with E-state index in [1.54, 1.807) is 0 Å². The molecule has 3 nitrogen and oxygen atoms in total. The van der Waals surface area contributed by atoms with Gasteiger partial charge in [-0.3, -0.25) is 0 Å². The van der Waals surface area contributed by atoms with E-state index in [2.05, 4.69) is 15.6 Å². The van der Waals surface area contributed by atoms with Crippen LogP contribution in [0.2, 0.25) is 0 Å². The summed E-state index contributed by atoms with van der Waals surface area (Å²) in [5.41, 5.74) is 1.23. The summed E-state index contributed by atoms with van der Waals surface area (Å²) in [6.07, 6.45) is 9.07. The molecule has 82 valence electrons. The van der Waals surface area contributed by atoms with Crippen molar-refractivity contribution in [2.24, 2.45) is 0 Å². The first-order valence-electron chi connectivity index (χ1n) is 5.50. The van der Waals surface area contributed by atoms with Crippen LogP contribution in [0.4, 0.5) is 0 Å². The van der Waals surface area contributed by atoms with Crippen LogP contribution >= 0.6 is 12.2 Å². The second-order valence-electron chi connectivity index (χ2n) is 4.03. The van der Waals surface area contributed by atoms with E-state index in [9.17, 15) is 0 Å². The Balaban J connectivity index is 1.68. The molecule has 0 atom stereocenters. The maximum Gasteiger partial charge on any atom is 0.166 e. The van der Waals surface area contributed by atoms with Crippen LogP contribution in [0.5, 0.6) is 0 Å². The Morgan fingerprint density at radius 2 is 2.27 bits per heavy atom. The topological polar surface area (TPSA) is 39.9 Å². The lowest BCUT2D eigenvalue weighted by Crippen LogP contribution is -2.40. The van der Waals surface area contributed by atoms with Gasteiger partial charge in [0.1, 0.15) is 0 Å². The molecule has 1 aliphatic carbocycles. The van der Waals surface area contributed by atoms with E-state index in [0.717, 1.165) is 11.7 Å². The monoisotopic (exact) mass is 223 g/mol. The molecule has 4 heteroatoms. The normalized spacial score (nSPS) is 16.5.